The molecule has 0 spiro atoms. The number of nitrogens with one attached hydrogen (secondary N) is 2. The van der Waals surface area contributed by atoms with E-state index in [-0.39, 0.29) is 5.91 Å². The molecule has 2 N–H and O–H groups in total. The van der Waals surface area contributed by atoms with Crippen LogP contribution < -0.4 is 10.6 Å². The number of carbonyl (C=O) groups excluding carboxylic acids is 1. The summed E-state index contributed by atoms with van der Waals surface area (Å²) >= 11 is 6.73. The minimum Gasteiger partial charge on any atom is -0.332 e. The van der Waals surface area contributed by atoms with Crippen molar-refractivity contribution >= 4 is 46.3 Å². The second kappa shape index (κ2) is 7.15. The molecule has 0 atom stereocenters. The first-order chi connectivity index (χ1) is 10.1. The van der Waals surface area contributed by atoms with E-state index in [9.17, 15) is 4.79 Å². The number of aryl methyl sites for hydroxylation is 1. The molecule has 5 heteroatoms. The van der Waals surface area contributed by atoms with E-state index in [1.54, 1.807) is 17.4 Å². The topological polar surface area (TPSA) is 41.1 Å². The monoisotopic (exact) mass is 316 g/mol. The highest BCUT2D eigenvalue weighted by molar-refractivity contribution is 7.80. The number of thiophene rings is 1. The Balaban J connectivity index is 1.92. The fraction of sp³-hybridized carbons (Fsp3) is 0.125. The van der Waals surface area contributed by atoms with Crippen LogP contribution in [0.2, 0.25) is 0 Å². The van der Waals surface area contributed by atoms with Gasteiger partial charge in [0.1, 0.15) is 0 Å². The van der Waals surface area contributed by atoms with Gasteiger partial charge in [0.15, 0.2) is 5.11 Å². The number of hydrogen-bond acceptors (Lipinski definition) is 3. The minimum atomic E-state index is -0.244. The summed E-state index contributed by atoms with van der Waals surface area (Å²) in [7, 11) is 0. The zero-order chi connectivity index (χ0) is 15.2. The maximum atomic E-state index is 11.8. The fourth-order valence-corrected chi connectivity index (χ4v) is 2.57. The van der Waals surface area contributed by atoms with Gasteiger partial charge in [0.25, 0.3) is 0 Å². The Kier molecular flexibility index (Phi) is 5.25. The van der Waals surface area contributed by atoms with Crippen LogP contribution in [0.4, 0.5) is 5.69 Å². The van der Waals surface area contributed by atoms with Crippen molar-refractivity contribution in [2.75, 3.05) is 5.32 Å². The van der Waals surface area contributed by atoms with E-state index < -0.39 is 0 Å². The van der Waals surface area contributed by atoms with Gasteiger partial charge in [0, 0.05) is 16.6 Å². The Morgan fingerprint density at radius 2 is 2.05 bits per heavy atom. The Morgan fingerprint density at radius 3 is 2.76 bits per heavy atom. The smallest absolute Gasteiger partial charge is 0.250 e. The van der Waals surface area contributed by atoms with E-state index in [1.165, 1.54) is 11.6 Å². The molecule has 2 rings (SSSR count). The van der Waals surface area contributed by atoms with Crippen LogP contribution in [-0.2, 0) is 4.79 Å². The molecule has 2 aromatic rings. The standard InChI is InChI=1S/C16H16N2OS2/c1-11-5-3-7-14(12(11)2)17-16(20)18-15(19)9-8-13-6-4-10-21-13/h3-10H,1-2H3,(H2,17,18,19,20)/b9-8+. The van der Waals surface area contributed by atoms with Gasteiger partial charge in [-0.2, -0.15) is 0 Å². The summed E-state index contributed by atoms with van der Waals surface area (Å²) in [5.74, 6) is -0.244. The molecule has 0 aliphatic heterocycles. The van der Waals surface area contributed by atoms with Crippen LogP contribution >= 0.6 is 23.6 Å². The number of amides is 1. The molecule has 0 fully saturated rings. The van der Waals surface area contributed by atoms with Crippen molar-refractivity contribution in [3.8, 4) is 0 Å². The average molecular weight is 316 g/mol. The normalized spacial score (nSPS) is 10.6. The van der Waals surface area contributed by atoms with Gasteiger partial charge in [-0.3, -0.25) is 10.1 Å². The van der Waals surface area contributed by atoms with E-state index in [4.69, 9.17) is 12.2 Å². The zero-order valence-corrected chi connectivity index (χ0v) is 13.5. The summed E-state index contributed by atoms with van der Waals surface area (Å²) in [6.45, 7) is 4.05. The van der Waals surface area contributed by atoms with Crippen LogP contribution in [0.25, 0.3) is 6.08 Å². The van der Waals surface area contributed by atoms with Crippen LogP contribution in [0.1, 0.15) is 16.0 Å². The first-order valence-corrected chi connectivity index (χ1v) is 7.75. The van der Waals surface area contributed by atoms with E-state index in [1.807, 2.05) is 49.6 Å². The predicted molar refractivity (Wildman–Crippen MR) is 93.6 cm³/mol. The van der Waals surface area contributed by atoms with Gasteiger partial charge in [0.2, 0.25) is 5.91 Å². The third-order valence-corrected chi connectivity index (χ3v) is 4.07. The quantitative estimate of drug-likeness (QED) is 0.667. The van der Waals surface area contributed by atoms with Crippen LogP contribution in [0.15, 0.2) is 41.8 Å². The molecule has 0 saturated heterocycles. The SMILES string of the molecule is Cc1cccc(NC(=S)NC(=O)/C=C/c2cccs2)c1C. The van der Waals surface area contributed by atoms with Crippen LogP contribution in [0, 0.1) is 13.8 Å². The number of benzene rings is 1. The number of anilines is 1. The molecule has 108 valence electrons. The molecule has 0 saturated carbocycles. The van der Waals surface area contributed by atoms with Gasteiger partial charge < -0.3 is 5.32 Å². The first kappa shape index (κ1) is 15.4. The second-order valence-corrected chi connectivity index (χ2v) is 5.93. The van der Waals surface area contributed by atoms with Crippen LogP contribution in [0.3, 0.4) is 0 Å². The number of hydrogen-bond donors (Lipinski definition) is 2. The molecule has 1 aromatic carbocycles. The maximum Gasteiger partial charge on any atom is 0.250 e. The highest BCUT2D eigenvalue weighted by Gasteiger charge is 2.04. The summed E-state index contributed by atoms with van der Waals surface area (Å²) in [6.07, 6.45) is 3.24. The van der Waals surface area contributed by atoms with Crippen molar-refractivity contribution in [1.82, 2.24) is 5.32 Å². The van der Waals surface area contributed by atoms with Gasteiger partial charge in [0.05, 0.1) is 0 Å². The molecule has 0 bridgehead atoms. The van der Waals surface area contributed by atoms with Gasteiger partial charge in [-0.25, -0.2) is 0 Å². The lowest BCUT2D eigenvalue weighted by Crippen LogP contribution is -2.33. The molecule has 1 heterocycles. The van der Waals surface area contributed by atoms with Crippen LogP contribution in [-0.4, -0.2) is 11.0 Å². The summed E-state index contributed by atoms with van der Waals surface area (Å²) in [5.41, 5.74) is 3.19. The minimum absolute atomic E-state index is 0.244. The largest absolute Gasteiger partial charge is 0.332 e. The lowest BCUT2D eigenvalue weighted by atomic mass is 10.1. The Bertz CT molecular complexity index is 676. The van der Waals surface area contributed by atoms with E-state index in [0.29, 0.717) is 5.11 Å². The predicted octanol–water partition coefficient (Wildman–Crippen LogP) is 3.89. The first-order valence-electron chi connectivity index (χ1n) is 6.46. The van der Waals surface area contributed by atoms with Gasteiger partial charge in [-0.1, -0.05) is 18.2 Å². The van der Waals surface area contributed by atoms with Crippen molar-refractivity contribution in [2.45, 2.75) is 13.8 Å². The van der Waals surface area contributed by atoms with Gasteiger partial charge in [-0.05, 0) is 60.8 Å². The lowest BCUT2D eigenvalue weighted by Gasteiger charge is -2.12. The van der Waals surface area contributed by atoms with Crippen molar-refractivity contribution in [3.63, 3.8) is 0 Å². The molecular formula is C16H16N2OS2. The molecule has 1 aromatic heterocycles. The maximum absolute atomic E-state index is 11.8. The number of rotatable bonds is 3. The zero-order valence-electron chi connectivity index (χ0n) is 11.8. The highest BCUT2D eigenvalue weighted by Crippen LogP contribution is 2.17. The summed E-state index contributed by atoms with van der Waals surface area (Å²) in [5, 5.41) is 7.94. The highest BCUT2D eigenvalue weighted by atomic mass is 32.1. The molecule has 1 amide bonds. The Hall–Kier alpha value is -1.98. The molecule has 3 nitrogen and oxygen atoms in total. The Morgan fingerprint density at radius 1 is 1.24 bits per heavy atom. The van der Waals surface area contributed by atoms with Gasteiger partial charge >= 0.3 is 0 Å². The molecule has 21 heavy (non-hydrogen) atoms. The molecule has 0 aliphatic rings. The third-order valence-electron chi connectivity index (χ3n) is 3.03. The van der Waals surface area contributed by atoms with Crippen LogP contribution in [0.5, 0.6) is 0 Å². The van der Waals surface area contributed by atoms with E-state index in [2.05, 4.69) is 10.6 Å². The summed E-state index contributed by atoms with van der Waals surface area (Å²) in [4.78, 5) is 12.8. The molecule has 0 unspecified atom stereocenters. The van der Waals surface area contributed by atoms with Crippen molar-refractivity contribution in [1.29, 1.82) is 0 Å². The number of carbonyl (C=O) groups is 1. The van der Waals surface area contributed by atoms with Crippen molar-refractivity contribution in [2.24, 2.45) is 0 Å². The van der Waals surface area contributed by atoms with Gasteiger partial charge in [-0.15, -0.1) is 11.3 Å². The number of thiocarbonyl (C=S) groups is 1. The van der Waals surface area contributed by atoms with Crippen molar-refractivity contribution < 1.29 is 4.79 Å². The van der Waals surface area contributed by atoms with E-state index in [0.717, 1.165) is 16.1 Å². The third kappa shape index (κ3) is 4.51. The molecular weight excluding hydrogens is 300 g/mol. The second-order valence-electron chi connectivity index (χ2n) is 4.54. The summed E-state index contributed by atoms with van der Waals surface area (Å²) in [6, 6.07) is 9.80. The fourth-order valence-electron chi connectivity index (χ4n) is 1.74. The summed E-state index contributed by atoms with van der Waals surface area (Å²) < 4.78 is 0. The Labute approximate surface area is 133 Å². The average Bonchev–Trinajstić information content (AvgIpc) is 2.95. The lowest BCUT2D eigenvalue weighted by molar-refractivity contribution is -0.115. The molecule has 0 radical (unpaired) electrons. The molecule has 0 aliphatic carbocycles. The van der Waals surface area contributed by atoms with E-state index >= 15 is 0 Å². The van der Waals surface area contributed by atoms with Crippen molar-refractivity contribution in [3.05, 3.63) is 57.8 Å².